The van der Waals surface area contributed by atoms with E-state index in [1.807, 2.05) is 0 Å². The topological polar surface area (TPSA) is 87.9 Å². The van der Waals surface area contributed by atoms with Crippen LogP contribution in [-0.2, 0) is 11.3 Å². The lowest BCUT2D eigenvalue weighted by Crippen LogP contribution is -2.53. The van der Waals surface area contributed by atoms with Crippen molar-refractivity contribution in [3.05, 3.63) is 33.9 Å². The van der Waals surface area contributed by atoms with Crippen molar-refractivity contribution in [1.29, 1.82) is 0 Å². The highest BCUT2D eigenvalue weighted by Crippen LogP contribution is 2.27. The Hall–Kier alpha value is -1.70. The molecule has 7 heteroatoms. The van der Waals surface area contributed by atoms with E-state index >= 15 is 0 Å². The minimum atomic E-state index is -0.411. The Labute approximate surface area is 135 Å². The molecule has 2 aliphatic rings. The monoisotopic (exact) mass is 321 g/mol. The molecule has 0 amide bonds. The minimum Gasteiger partial charge on any atom is -0.392 e. The van der Waals surface area contributed by atoms with Gasteiger partial charge in [-0.25, -0.2) is 0 Å². The molecule has 2 aliphatic heterocycles. The zero-order valence-corrected chi connectivity index (χ0v) is 13.1. The third-order valence-corrected chi connectivity index (χ3v) is 4.67. The van der Waals surface area contributed by atoms with E-state index in [0.717, 1.165) is 19.7 Å². The van der Waals surface area contributed by atoms with Gasteiger partial charge in [0, 0.05) is 25.2 Å². The largest absolute Gasteiger partial charge is 0.392 e. The summed E-state index contributed by atoms with van der Waals surface area (Å²) in [6, 6.07) is 5.16. The lowest BCUT2D eigenvalue weighted by Gasteiger charge is -2.42. The van der Waals surface area contributed by atoms with Gasteiger partial charge in [0.2, 0.25) is 0 Å². The Bertz CT molecular complexity index is 566. The Morgan fingerprint density at radius 3 is 3.09 bits per heavy atom. The first-order valence-electron chi connectivity index (χ1n) is 8.15. The molecule has 126 valence electrons. The number of fused-ring (bicyclic) bond motifs is 1. The van der Waals surface area contributed by atoms with Crippen molar-refractivity contribution >= 4 is 11.4 Å². The van der Waals surface area contributed by atoms with Crippen molar-refractivity contribution in [2.75, 3.05) is 31.6 Å². The first kappa shape index (κ1) is 16.2. The molecule has 2 unspecified atom stereocenters. The van der Waals surface area contributed by atoms with E-state index in [4.69, 9.17) is 4.74 Å². The van der Waals surface area contributed by atoms with Gasteiger partial charge >= 0.3 is 0 Å². The number of rotatable bonds is 5. The number of hydrogen-bond acceptors (Lipinski definition) is 6. The molecule has 2 N–H and O–H groups in total. The molecule has 23 heavy (non-hydrogen) atoms. The quantitative estimate of drug-likeness (QED) is 0.634. The molecule has 0 aliphatic carbocycles. The van der Waals surface area contributed by atoms with E-state index in [2.05, 4.69) is 10.2 Å². The highest BCUT2D eigenvalue weighted by Gasteiger charge is 2.30. The molecule has 0 spiro atoms. The Morgan fingerprint density at radius 1 is 1.43 bits per heavy atom. The zero-order chi connectivity index (χ0) is 16.2. The predicted octanol–water partition coefficient (Wildman–Crippen LogP) is 1.75. The van der Waals surface area contributed by atoms with Crippen LogP contribution in [0, 0.1) is 10.1 Å². The van der Waals surface area contributed by atoms with Crippen LogP contribution in [-0.4, -0.2) is 53.3 Å². The van der Waals surface area contributed by atoms with Gasteiger partial charge in [-0.3, -0.25) is 15.0 Å². The molecule has 2 fully saturated rings. The smallest absolute Gasteiger partial charge is 0.292 e. The fraction of sp³-hybridized carbons (Fsp3) is 0.625. The van der Waals surface area contributed by atoms with Gasteiger partial charge in [0.05, 0.1) is 24.2 Å². The van der Waals surface area contributed by atoms with Crippen molar-refractivity contribution in [2.45, 2.75) is 38.0 Å². The number of nitrogens with zero attached hydrogens (tertiary/aromatic N) is 2. The van der Waals surface area contributed by atoms with Crippen molar-refractivity contribution in [1.82, 2.24) is 4.90 Å². The molecule has 0 aromatic heterocycles. The number of aliphatic hydroxyl groups is 1. The summed E-state index contributed by atoms with van der Waals surface area (Å²) in [7, 11) is 0. The fourth-order valence-electron chi connectivity index (χ4n) is 3.38. The summed E-state index contributed by atoms with van der Waals surface area (Å²) in [4.78, 5) is 13.2. The van der Waals surface area contributed by atoms with E-state index < -0.39 is 4.92 Å². The van der Waals surface area contributed by atoms with Crippen molar-refractivity contribution in [2.24, 2.45) is 0 Å². The second-order valence-corrected chi connectivity index (χ2v) is 6.25. The Morgan fingerprint density at radius 2 is 2.30 bits per heavy atom. The number of nitrogens with one attached hydrogen (secondary N) is 1. The van der Waals surface area contributed by atoms with Gasteiger partial charge in [-0.05, 0) is 37.1 Å². The van der Waals surface area contributed by atoms with Crippen LogP contribution in [0.4, 0.5) is 11.4 Å². The second-order valence-electron chi connectivity index (χ2n) is 6.25. The number of hydrogen-bond donors (Lipinski definition) is 2. The van der Waals surface area contributed by atoms with E-state index in [0.29, 0.717) is 23.8 Å². The highest BCUT2D eigenvalue weighted by atomic mass is 16.6. The van der Waals surface area contributed by atoms with Crippen LogP contribution in [0.25, 0.3) is 0 Å². The average Bonchev–Trinajstić information content (AvgIpc) is 2.59. The minimum absolute atomic E-state index is 0.0221. The zero-order valence-electron chi connectivity index (χ0n) is 13.1. The molecular weight excluding hydrogens is 298 g/mol. The molecule has 7 nitrogen and oxygen atoms in total. The van der Waals surface area contributed by atoms with Crippen molar-refractivity contribution in [3.63, 3.8) is 0 Å². The van der Waals surface area contributed by atoms with Crippen LogP contribution >= 0.6 is 0 Å². The summed E-state index contributed by atoms with van der Waals surface area (Å²) in [5.41, 5.74) is 1.11. The van der Waals surface area contributed by atoms with Gasteiger partial charge in [-0.1, -0.05) is 6.42 Å². The average molecular weight is 321 g/mol. The second kappa shape index (κ2) is 7.25. The molecule has 0 bridgehead atoms. The molecule has 2 saturated heterocycles. The van der Waals surface area contributed by atoms with Gasteiger partial charge in [-0.15, -0.1) is 0 Å². The number of nitro groups is 1. The van der Waals surface area contributed by atoms with Crippen LogP contribution in [0.1, 0.15) is 24.8 Å². The molecule has 1 aromatic carbocycles. The lowest BCUT2D eigenvalue weighted by atomic mass is 10.0. The van der Waals surface area contributed by atoms with Gasteiger partial charge < -0.3 is 15.2 Å². The van der Waals surface area contributed by atoms with Crippen LogP contribution in [0.2, 0.25) is 0 Å². The van der Waals surface area contributed by atoms with E-state index in [-0.39, 0.29) is 18.4 Å². The summed E-state index contributed by atoms with van der Waals surface area (Å²) in [5.74, 6) is 0. The molecule has 2 heterocycles. The molecule has 2 atom stereocenters. The van der Waals surface area contributed by atoms with Gasteiger partial charge in [0.1, 0.15) is 5.69 Å². The summed E-state index contributed by atoms with van der Waals surface area (Å²) in [5, 5.41) is 23.5. The lowest BCUT2D eigenvalue weighted by molar-refractivity contribution is -0.384. The standard InChI is InChI=1S/C16H23N3O4/c20-10-12-4-5-16(19(21)22)15(7-12)17-8-14-9-18-6-2-1-3-13(18)11-23-14/h4-5,7,13-14,17,20H,1-3,6,8-11H2. The molecule has 1 aromatic rings. The Kier molecular flexibility index (Phi) is 5.09. The summed E-state index contributed by atoms with van der Waals surface area (Å²) in [6.45, 7) is 3.11. The van der Waals surface area contributed by atoms with E-state index in [9.17, 15) is 15.2 Å². The number of nitro benzene ring substituents is 1. The van der Waals surface area contributed by atoms with Crippen LogP contribution in [0.3, 0.4) is 0 Å². The fourth-order valence-corrected chi connectivity index (χ4v) is 3.38. The number of benzene rings is 1. The summed E-state index contributed by atoms with van der Waals surface area (Å²) >= 11 is 0. The SMILES string of the molecule is O=[N+]([O-])c1ccc(CO)cc1NCC1CN2CCCCC2CO1. The maximum atomic E-state index is 11.1. The highest BCUT2D eigenvalue weighted by molar-refractivity contribution is 5.62. The molecule has 0 radical (unpaired) electrons. The maximum Gasteiger partial charge on any atom is 0.292 e. The number of aliphatic hydroxyl groups excluding tert-OH is 1. The van der Waals surface area contributed by atoms with E-state index in [1.165, 1.54) is 25.3 Å². The van der Waals surface area contributed by atoms with Gasteiger partial charge in [0.25, 0.3) is 5.69 Å². The molecular formula is C16H23N3O4. The van der Waals surface area contributed by atoms with Gasteiger partial charge in [-0.2, -0.15) is 0 Å². The third kappa shape index (κ3) is 3.80. The van der Waals surface area contributed by atoms with Crippen molar-refractivity contribution < 1.29 is 14.8 Å². The first-order chi connectivity index (χ1) is 11.2. The van der Waals surface area contributed by atoms with E-state index in [1.54, 1.807) is 12.1 Å². The third-order valence-electron chi connectivity index (χ3n) is 4.67. The van der Waals surface area contributed by atoms with Crippen LogP contribution < -0.4 is 5.32 Å². The molecule has 3 rings (SSSR count). The predicted molar refractivity (Wildman–Crippen MR) is 86.5 cm³/mol. The number of morpholine rings is 1. The summed E-state index contributed by atoms with van der Waals surface area (Å²) in [6.07, 6.45) is 3.74. The number of anilines is 1. The normalized spacial score (nSPS) is 24.9. The van der Waals surface area contributed by atoms with Crippen LogP contribution in [0.15, 0.2) is 18.2 Å². The first-order valence-corrected chi connectivity index (χ1v) is 8.15. The van der Waals surface area contributed by atoms with Crippen molar-refractivity contribution in [3.8, 4) is 0 Å². The summed E-state index contributed by atoms with van der Waals surface area (Å²) < 4.78 is 5.90. The van der Waals surface area contributed by atoms with Crippen LogP contribution in [0.5, 0.6) is 0 Å². The Balaban J connectivity index is 1.62. The number of piperidine rings is 1. The number of ether oxygens (including phenoxy) is 1. The van der Waals surface area contributed by atoms with Gasteiger partial charge in [0.15, 0.2) is 0 Å². The maximum absolute atomic E-state index is 11.1. The molecule has 0 saturated carbocycles.